The molecule has 56 heavy (non-hydrogen) atoms. The molecule has 0 N–H and O–H groups in total. The highest BCUT2D eigenvalue weighted by atomic mass is 16.5. The maximum Gasteiger partial charge on any atom is 0.261 e. The van der Waals surface area contributed by atoms with Crippen LogP contribution in [0.15, 0.2) is 77.8 Å². The SMILES string of the molecule is COc1cc2c(cc1OCCCCCOc1cc3c(cc1OC)C(=O)N1c4ccccc4C[C@H]1CN3C(=O)CCC(C)=O)N=C[C@@H]1Cc3ccccc3N1C2=O. The van der Waals surface area contributed by atoms with E-state index in [4.69, 9.17) is 23.9 Å². The molecule has 288 valence electrons. The summed E-state index contributed by atoms with van der Waals surface area (Å²) in [4.78, 5) is 63.3. The van der Waals surface area contributed by atoms with Gasteiger partial charge in [0, 0.05) is 55.5 Å². The summed E-state index contributed by atoms with van der Waals surface area (Å²) in [5.41, 5.74) is 5.73. The number of unbranched alkanes of at least 4 members (excludes halogenated alkanes) is 2. The van der Waals surface area contributed by atoms with E-state index in [1.165, 1.54) is 14.0 Å². The number of methoxy groups -OCH3 is 2. The van der Waals surface area contributed by atoms with Crippen LogP contribution in [0.2, 0.25) is 0 Å². The Hall–Kier alpha value is -6.17. The van der Waals surface area contributed by atoms with Crippen molar-refractivity contribution in [1.29, 1.82) is 0 Å². The molecule has 0 bridgehead atoms. The largest absolute Gasteiger partial charge is 0.493 e. The van der Waals surface area contributed by atoms with Crippen molar-refractivity contribution in [3.8, 4) is 23.0 Å². The number of anilines is 3. The first-order valence-electron chi connectivity index (χ1n) is 19.1. The second-order valence-corrected chi connectivity index (χ2v) is 14.5. The second-order valence-electron chi connectivity index (χ2n) is 14.5. The molecular weight excluding hydrogens is 713 g/mol. The number of hydrogen-bond acceptors (Lipinski definition) is 9. The number of rotatable bonds is 13. The molecule has 4 aromatic carbocycles. The van der Waals surface area contributed by atoms with Gasteiger partial charge in [0.25, 0.3) is 11.8 Å². The second kappa shape index (κ2) is 15.5. The van der Waals surface area contributed by atoms with Crippen LogP contribution in [-0.4, -0.2) is 75.8 Å². The third-order valence-corrected chi connectivity index (χ3v) is 10.9. The van der Waals surface area contributed by atoms with Crippen molar-refractivity contribution < 1.29 is 38.1 Å². The quantitative estimate of drug-likeness (QED) is 0.135. The molecule has 4 aromatic rings. The first-order chi connectivity index (χ1) is 27.2. The van der Waals surface area contributed by atoms with Gasteiger partial charge in [-0.15, -0.1) is 0 Å². The Morgan fingerprint density at radius 1 is 0.696 bits per heavy atom. The van der Waals surface area contributed by atoms with Crippen molar-refractivity contribution in [1.82, 2.24) is 0 Å². The lowest BCUT2D eigenvalue weighted by atomic mass is 10.1. The van der Waals surface area contributed by atoms with Crippen molar-refractivity contribution in [2.75, 3.05) is 48.7 Å². The van der Waals surface area contributed by atoms with Crippen LogP contribution in [0, 0.1) is 0 Å². The zero-order valence-corrected chi connectivity index (χ0v) is 31.8. The molecule has 3 amide bonds. The van der Waals surface area contributed by atoms with Crippen molar-refractivity contribution in [3.63, 3.8) is 0 Å². The minimum Gasteiger partial charge on any atom is -0.493 e. The molecule has 12 heteroatoms. The average Bonchev–Trinajstić information content (AvgIpc) is 3.70. The third-order valence-electron chi connectivity index (χ3n) is 10.9. The molecule has 4 aliphatic heterocycles. The van der Waals surface area contributed by atoms with E-state index in [9.17, 15) is 19.2 Å². The Labute approximate surface area is 325 Å². The van der Waals surface area contributed by atoms with Crippen molar-refractivity contribution >= 4 is 52.5 Å². The zero-order valence-electron chi connectivity index (χ0n) is 31.8. The van der Waals surface area contributed by atoms with Gasteiger partial charge >= 0.3 is 0 Å². The first-order valence-corrected chi connectivity index (χ1v) is 19.1. The van der Waals surface area contributed by atoms with Crippen LogP contribution in [0.5, 0.6) is 23.0 Å². The lowest BCUT2D eigenvalue weighted by molar-refractivity contribution is -0.123. The third kappa shape index (κ3) is 6.84. The van der Waals surface area contributed by atoms with Crippen LogP contribution in [0.4, 0.5) is 22.7 Å². The van der Waals surface area contributed by atoms with Gasteiger partial charge in [0.05, 0.1) is 62.0 Å². The molecule has 0 spiro atoms. The normalized spacial score (nSPS) is 17.5. The molecular formula is C44H44N4O8. The highest BCUT2D eigenvalue weighted by molar-refractivity contribution is 6.16. The van der Waals surface area contributed by atoms with Gasteiger partial charge in [-0.25, -0.2) is 0 Å². The van der Waals surface area contributed by atoms with E-state index in [2.05, 4.69) is 0 Å². The fourth-order valence-electron chi connectivity index (χ4n) is 8.12. The smallest absolute Gasteiger partial charge is 0.261 e. The molecule has 0 unspecified atom stereocenters. The minimum absolute atomic E-state index is 0.0453. The summed E-state index contributed by atoms with van der Waals surface area (Å²) in [5.74, 6) is 1.18. The summed E-state index contributed by atoms with van der Waals surface area (Å²) in [6.07, 6.45) is 5.57. The number of Topliss-reactive ketones (excluding diaryl/α,β-unsaturated/α-hetero) is 1. The van der Waals surface area contributed by atoms with Gasteiger partial charge in [0.1, 0.15) is 5.78 Å². The fraction of sp³-hybridized carbons (Fsp3) is 0.341. The summed E-state index contributed by atoms with van der Waals surface area (Å²) in [6, 6.07) is 22.2. The van der Waals surface area contributed by atoms with Crippen LogP contribution in [0.25, 0.3) is 0 Å². The van der Waals surface area contributed by atoms with Gasteiger partial charge in [-0.05, 0) is 68.0 Å². The summed E-state index contributed by atoms with van der Waals surface area (Å²) in [7, 11) is 3.08. The predicted molar refractivity (Wildman–Crippen MR) is 213 cm³/mol. The van der Waals surface area contributed by atoms with Gasteiger partial charge in [0.15, 0.2) is 23.0 Å². The number of fused-ring (bicyclic) bond motifs is 8. The van der Waals surface area contributed by atoms with Crippen LogP contribution in [0.1, 0.15) is 70.9 Å². The van der Waals surface area contributed by atoms with E-state index >= 15 is 0 Å². The van der Waals surface area contributed by atoms with Crippen LogP contribution >= 0.6 is 0 Å². The number of carbonyl (C=O) groups excluding carboxylic acids is 4. The summed E-state index contributed by atoms with van der Waals surface area (Å²) < 4.78 is 23.7. The average molecular weight is 757 g/mol. The number of ketones is 1. The number of hydrogen-bond donors (Lipinski definition) is 0. The zero-order chi connectivity index (χ0) is 38.9. The number of para-hydroxylation sites is 2. The van der Waals surface area contributed by atoms with E-state index in [1.54, 1.807) is 41.2 Å². The van der Waals surface area contributed by atoms with Gasteiger partial charge < -0.3 is 33.5 Å². The lowest BCUT2D eigenvalue weighted by Gasteiger charge is -2.27. The molecule has 0 radical (unpaired) electrons. The van der Waals surface area contributed by atoms with Crippen molar-refractivity contribution in [2.45, 2.75) is 64.0 Å². The fourth-order valence-corrected chi connectivity index (χ4v) is 8.12. The molecule has 0 saturated carbocycles. The van der Waals surface area contributed by atoms with Gasteiger partial charge in [-0.3, -0.25) is 24.3 Å². The van der Waals surface area contributed by atoms with E-state index in [-0.39, 0.29) is 48.4 Å². The van der Waals surface area contributed by atoms with Crippen LogP contribution < -0.4 is 33.6 Å². The van der Waals surface area contributed by atoms with E-state index in [1.807, 2.05) is 59.6 Å². The Bertz CT molecular complexity index is 2250. The molecule has 4 heterocycles. The predicted octanol–water partition coefficient (Wildman–Crippen LogP) is 6.91. The Kier molecular flexibility index (Phi) is 10.2. The first kappa shape index (κ1) is 36.8. The van der Waals surface area contributed by atoms with Crippen molar-refractivity contribution in [3.05, 3.63) is 95.1 Å². The highest BCUT2D eigenvalue weighted by Gasteiger charge is 2.42. The molecule has 8 rings (SSSR count). The molecule has 0 fully saturated rings. The maximum absolute atomic E-state index is 14.2. The molecule has 0 aromatic heterocycles. The maximum atomic E-state index is 14.2. The minimum atomic E-state index is -0.247. The van der Waals surface area contributed by atoms with Crippen LogP contribution in [-0.2, 0) is 22.4 Å². The van der Waals surface area contributed by atoms with Crippen LogP contribution in [0.3, 0.4) is 0 Å². The highest BCUT2D eigenvalue weighted by Crippen LogP contribution is 2.44. The van der Waals surface area contributed by atoms with E-state index in [0.29, 0.717) is 78.1 Å². The van der Waals surface area contributed by atoms with Crippen molar-refractivity contribution in [2.24, 2.45) is 4.99 Å². The Morgan fingerprint density at radius 2 is 1.30 bits per heavy atom. The standard InChI is InChI=1S/C44H44N4O8/c1-27(49)15-16-42(50)46-26-31-20-29-12-6-8-14-36(29)48(31)44(52)33-22-39(54-3)41(24-37(33)46)56-18-10-4-9-17-55-40-23-34-32(21-38(40)53-2)43(51)47-30(25-45-34)19-28-11-5-7-13-35(28)47/h5-8,11-14,21-25,30-31H,4,9-10,15-20,26H2,1-3H3/t30-,31-/m0/s1. The number of benzene rings is 4. The lowest BCUT2D eigenvalue weighted by Crippen LogP contribution is -2.44. The summed E-state index contributed by atoms with van der Waals surface area (Å²) >= 11 is 0. The summed E-state index contributed by atoms with van der Waals surface area (Å²) in [5, 5.41) is 0. The van der Waals surface area contributed by atoms with Gasteiger partial charge in [-0.1, -0.05) is 36.4 Å². The molecule has 0 saturated heterocycles. The van der Waals surface area contributed by atoms with E-state index in [0.717, 1.165) is 41.8 Å². The van der Waals surface area contributed by atoms with Gasteiger partial charge in [-0.2, -0.15) is 0 Å². The Morgan fingerprint density at radius 3 is 1.98 bits per heavy atom. The topological polar surface area (TPSA) is 127 Å². The van der Waals surface area contributed by atoms with E-state index < -0.39 is 0 Å². The number of ether oxygens (including phenoxy) is 4. The van der Waals surface area contributed by atoms with Gasteiger partial charge in [0.2, 0.25) is 5.91 Å². The molecule has 12 nitrogen and oxygen atoms in total. The molecule has 2 atom stereocenters. The molecule has 4 aliphatic rings. The number of nitrogens with zero attached hydrogens (tertiary/aromatic N) is 4. The summed E-state index contributed by atoms with van der Waals surface area (Å²) in [6.45, 7) is 2.54. The number of aliphatic imine (C=N–C) groups is 1. The molecule has 0 aliphatic carbocycles. The Balaban J connectivity index is 0.917. The number of carbonyl (C=O) groups is 4. The monoisotopic (exact) mass is 756 g/mol. The number of amides is 3.